The van der Waals surface area contributed by atoms with Crippen molar-refractivity contribution in [2.24, 2.45) is 23.7 Å². The van der Waals surface area contributed by atoms with Gasteiger partial charge in [-0.15, -0.1) is 0 Å². The van der Waals surface area contributed by atoms with E-state index in [0.29, 0.717) is 36.4 Å². The molecule has 4 aliphatic rings. The number of rotatable bonds is 2. The first-order chi connectivity index (χ1) is 11.3. The first kappa shape index (κ1) is 15.4. The van der Waals surface area contributed by atoms with Crippen LogP contribution in [0.4, 0.5) is 0 Å². The van der Waals surface area contributed by atoms with Gasteiger partial charge in [0, 0.05) is 18.3 Å². The Morgan fingerprint density at radius 3 is 2.87 bits per heavy atom. The van der Waals surface area contributed by atoms with Gasteiger partial charge in [0.15, 0.2) is 0 Å². The van der Waals surface area contributed by atoms with Gasteiger partial charge in [-0.25, -0.2) is 0 Å². The Bertz CT molecular complexity index is 509. The van der Waals surface area contributed by atoms with Crippen molar-refractivity contribution in [3.05, 3.63) is 24.3 Å². The Morgan fingerprint density at radius 2 is 2.04 bits per heavy atom. The van der Waals surface area contributed by atoms with Crippen LogP contribution in [0, 0.1) is 23.7 Å². The van der Waals surface area contributed by atoms with Crippen molar-refractivity contribution in [2.75, 3.05) is 0 Å². The van der Waals surface area contributed by atoms with Crippen LogP contribution < -0.4 is 0 Å². The second-order valence-corrected chi connectivity index (χ2v) is 7.67. The molecule has 2 aliphatic carbocycles. The van der Waals surface area contributed by atoms with Crippen LogP contribution in [-0.2, 0) is 14.3 Å². The molecule has 4 rings (SSSR count). The molecule has 23 heavy (non-hydrogen) atoms. The first-order valence-corrected chi connectivity index (χ1v) is 9.44. The molecule has 7 unspecified atom stereocenters. The minimum Gasteiger partial charge on any atom is -0.462 e. The van der Waals surface area contributed by atoms with Gasteiger partial charge in [-0.1, -0.05) is 37.6 Å². The molecule has 0 radical (unpaired) electrons. The monoisotopic (exact) mass is 316 g/mol. The van der Waals surface area contributed by atoms with Crippen molar-refractivity contribution < 1.29 is 14.3 Å². The van der Waals surface area contributed by atoms with Gasteiger partial charge in [-0.2, -0.15) is 0 Å². The number of ether oxygens (including phenoxy) is 2. The Morgan fingerprint density at radius 1 is 1.13 bits per heavy atom. The molecular weight excluding hydrogens is 288 g/mol. The van der Waals surface area contributed by atoms with Gasteiger partial charge < -0.3 is 9.47 Å². The Balaban J connectivity index is 1.54. The van der Waals surface area contributed by atoms with E-state index in [4.69, 9.17) is 9.47 Å². The summed E-state index contributed by atoms with van der Waals surface area (Å²) in [6, 6.07) is 0. The maximum absolute atomic E-state index is 12.3. The van der Waals surface area contributed by atoms with E-state index in [0.717, 1.165) is 31.6 Å². The van der Waals surface area contributed by atoms with Gasteiger partial charge in [0.25, 0.3) is 0 Å². The summed E-state index contributed by atoms with van der Waals surface area (Å²) in [7, 11) is 0. The Kier molecular flexibility index (Phi) is 4.31. The van der Waals surface area contributed by atoms with Crippen LogP contribution in [0.1, 0.15) is 51.9 Å². The summed E-state index contributed by atoms with van der Waals surface area (Å²) in [5, 5.41) is 0. The third-order valence-electron chi connectivity index (χ3n) is 6.16. The average molecular weight is 316 g/mol. The highest BCUT2D eigenvalue weighted by molar-refractivity contribution is 5.69. The average Bonchev–Trinajstić information content (AvgIpc) is 3.45. The molecule has 0 aromatic heterocycles. The van der Waals surface area contributed by atoms with Gasteiger partial charge in [0.2, 0.25) is 0 Å². The summed E-state index contributed by atoms with van der Waals surface area (Å²) in [5.41, 5.74) is 0. The fraction of sp³-hybridized carbons (Fsp3) is 0.750. The van der Waals surface area contributed by atoms with Crippen LogP contribution in [0.3, 0.4) is 0 Å². The van der Waals surface area contributed by atoms with E-state index in [9.17, 15) is 4.79 Å². The summed E-state index contributed by atoms with van der Waals surface area (Å²) in [6.45, 7) is 2.25. The molecule has 1 saturated heterocycles. The lowest BCUT2D eigenvalue weighted by molar-refractivity contribution is -0.155. The normalized spacial score (nSPS) is 46.0. The number of hydrogen-bond acceptors (Lipinski definition) is 3. The van der Waals surface area contributed by atoms with Gasteiger partial charge in [0.05, 0.1) is 12.2 Å². The van der Waals surface area contributed by atoms with E-state index >= 15 is 0 Å². The van der Waals surface area contributed by atoms with Crippen LogP contribution in [0.2, 0.25) is 0 Å². The number of epoxide rings is 1. The maximum atomic E-state index is 12.3. The number of cyclic esters (lactones) is 1. The molecular formula is C20H28O3. The third-order valence-corrected chi connectivity index (χ3v) is 6.16. The van der Waals surface area contributed by atoms with Crippen molar-refractivity contribution in [3.8, 4) is 0 Å². The molecule has 0 aromatic rings. The number of allylic oxidation sites excluding steroid dienone is 3. The zero-order valence-electron chi connectivity index (χ0n) is 14.0. The molecule has 7 atom stereocenters. The summed E-state index contributed by atoms with van der Waals surface area (Å²) in [5.74, 6) is 2.25. The summed E-state index contributed by atoms with van der Waals surface area (Å²) >= 11 is 0. The number of carbonyl (C=O) groups is 1. The number of fused-ring (bicyclic) bond motifs is 3. The lowest BCUT2D eigenvalue weighted by Crippen LogP contribution is -2.33. The predicted molar refractivity (Wildman–Crippen MR) is 88.8 cm³/mol. The summed E-state index contributed by atoms with van der Waals surface area (Å²) < 4.78 is 11.8. The van der Waals surface area contributed by atoms with Gasteiger partial charge in [-0.05, 0) is 43.9 Å². The Labute approximate surface area is 139 Å². The summed E-state index contributed by atoms with van der Waals surface area (Å²) in [4.78, 5) is 12.3. The van der Waals surface area contributed by atoms with Crippen LogP contribution >= 0.6 is 0 Å². The highest BCUT2D eigenvalue weighted by Gasteiger charge is 2.60. The maximum Gasteiger partial charge on any atom is 0.306 e. The molecule has 126 valence electrons. The van der Waals surface area contributed by atoms with Crippen LogP contribution in [-0.4, -0.2) is 24.3 Å². The van der Waals surface area contributed by atoms with E-state index in [2.05, 4.69) is 31.2 Å². The minimum atomic E-state index is 0.00798. The topological polar surface area (TPSA) is 38.8 Å². The van der Waals surface area contributed by atoms with Crippen molar-refractivity contribution in [3.63, 3.8) is 0 Å². The highest BCUT2D eigenvalue weighted by atomic mass is 16.6. The number of hydrogen-bond donors (Lipinski definition) is 0. The zero-order chi connectivity index (χ0) is 15.8. The summed E-state index contributed by atoms with van der Waals surface area (Å²) in [6.07, 6.45) is 16.8. The molecule has 3 fully saturated rings. The minimum absolute atomic E-state index is 0.00798. The molecule has 3 heteroatoms. The fourth-order valence-electron chi connectivity index (χ4n) is 4.70. The van der Waals surface area contributed by atoms with Crippen molar-refractivity contribution in [1.82, 2.24) is 0 Å². The van der Waals surface area contributed by atoms with Crippen LogP contribution in [0.5, 0.6) is 0 Å². The third kappa shape index (κ3) is 3.26. The molecule has 0 spiro atoms. The lowest BCUT2D eigenvalue weighted by atomic mass is 9.86. The standard InChI is InChI=1S/C20H28O3/c1-2-13-11-15(13)19-16-12-17-20(22-17)14(16)9-7-5-3-4-6-8-10-18(21)23-19/h3-4,7,9,13-17,19-20H,2,5-6,8,10-12H2,1H3. The second-order valence-electron chi connectivity index (χ2n) is 7.67. The van der Waals surface area contributed by atoms with Crippen LogP contribution in [0.25, 0.3) is 0 Å². The van der Waals surface area contributed by atoms with E-state index in [1.165, 1.54) is 12.8 Å². The van der Waals surface area contributed by atoms with Gasteiger partial charge in [-0.3, -0.25) is 4.79 Å². The Hall–Kier alpha value is -1.09. The highest BCUT2D eigenvalue weighted by Crippen LogP contribution is 2.55. The number of esters is 1. The zero-order valence-corrected chi connectivity index (χ0v) is 14.0. The molecule has 2 aliphatic heterocycles. The van der Waals surface area contributed by atoms with Crippen molar-refractivity contribution in [1.29, 1.82) is 0 Å². The lowest BCUT2D eigenvalue weighted by Gasteiger charge is -2.29. The first-order valence-electron chi connectivity index (χ1n) is 9.44. The molecule has 0 aromatic carbocycles. The molecule has 0 amide bonds. The van der Waals surface area contributed by atoms with E-state index in [-0.39, 0.29) is 12.1 Å². The molecule has 2 saturated carbocycles. The van der Waals surface area contributed by atoms with Gasteiger partial charge >= 0.3 is 5.97 Å². The second kappa shape index (κ2) is 6.43. The van der Waals surface area contributed by atoms with E-state index in [1.54, 1.807) is 0 Å². The number of carbonyl (C=O) groups excluding carboxylic acids is 1. The van der Waals surface area contributed by atoms with E-state index in [1.807, 2.05) is 0 Å². The van der Waals surface area contributed by atoms with Crippen molar-refractivity contribution in [2.45, 2.75) is 70.2 Å². The molecule has 0 bridgehead atoms. The van der Waals surface area contributed by atoms with Gasteiger partial charge in [0.1, 0.15) is 6.10 Å². The predicted octanol–water partition coefficient (Wildman–Crippen LogP) is 4.03. The molecule has 2 heterocycles. The SMILES string of the molecule is CCC1CC1C1OC(=O)CCCC=CCC=CC2C1CC1OC12. The van der Waals surface area contributed by atoms with Crippen molar-refractivity contribution >= 4 is 5.97 Å². The fourth-order valence-corrected chi connectivity index (χ4v) is 4.70. The van der Waals surface area contributed by atoms with Crippen LogP contribution in [0.15, 0.2) is 24.3 Å². The largest absolute Gasteiger partial charge is 0.462 e. The quantitative estimate of drug-likeness (QED) is 0.438. The molecule has 3 nitrogen and oxygen atoms in total. The smallest absolute Gasteiger partial charge is 0.306 e. The van der Waals surface area contributed by atoms with E-state index < -0.39 is 0 Å². The molecule has 0 N–H and O–H groups in total.